The molecule has 3 rings (SSSR count). The van der Waals surface area contributed by atoms with Crippen LogP contribution in [0.4, 0.5) is 0 Å². The van der Waals surface area contributed by atoms with Crippen LogP contribution in [0.15, 0.2) is 54.7 Å². The van der Waals surface area contributed by atoms with Gasteiger partial charge in [-0.15, -0.1) is 0 Å². The minimum absolute atomic E-state index is 0.0311. The number of carboxylic acids is 1. The SMILES string of the molecule is CC(C)C(N)C(=O)NC(CCCCN)C(=O)NC(Cc1c[nH]c2ccccc12)C(=O)NC(Cc1ccc(O)cc1)C(=O)O. The number of aromatic hydroxyl groups is 1. The molecule has 0 radical (unpaired) electrons. The second kappa shape index (κ2) is 15.7. The maximum absolute atomic E-state index is 13.6. The number of carboxylic acid groups (broad SMARTS) is 1. The lowest BCUT2D eigenvalue weighted by Crippen LogP contribution is -2.58. The van der Waals surface area contributed by atoms with E-state index in [-0.39, 0.29) is 30.9 Å². The number of phenols is 1. The fourth-order valence-electron chi connectivity index (χ4n) is 4.67. The monoisotopic (exact) mass is 594 g/mol. The molecule has 232 valence electrons. The van der Waals surface area contributed by atoms with Gasteiger partial charge in [-0.2, -0.15) is 0 Å². The van der Waals surface area contributed by atoms with Crippen LogP contribution in [0, 0.1) is 5.92 Å². The molecule has 12 heteroatoms. The average Bonchev–Trinajstić information content (AvgIpc) is 3.39. The van der Waals surface area contributed by atoms with Gasteiger partial charge < -0.3 is 42.6 Å². The molecule has 0 saturated heterocycles. The Kier molecular flexibility index (Phi) is 12.1. The smallest absolute Gasteiger partial charge is 0.326 e. The highest BCUT2D eigenvalue weighted by Gasteiger charge is 2.31. The molecule has 10 N–H and O–H groups in total. The molecular formula is C31H42N6O6. The van der Waals surface area contributed by atoms with Gasteiger partial charge in [-0.1, -0.05) is 44.2 Å². The Labute approximate surface area is 250 Å². The van der Waals surface area contributed by atoms with Gasteiger partial charge in [-0.25, -0.2) is 4.79 Å². The Balaban J connectivity index is 1.86. The molecule has 0 spiro atoms. The Bertz CT molecular complexity index is 1390. The number of aromatic amines is 1. The summed E-state index contributed by atoms with van der Waals surface area (Å²) in [5, 5.41) is 28.3. The third kappa shape index (κ3) is 9.55. The number of hydrogen-bond acceptors (Lipinski definition) is 7. The zero-order valence-electron chi connectivity index (χ0n) is 24.5. The summed E-state index contributed by atoms with van der Waals surface area (Å²) in [6.07, 6.45) is 3.22. The summed E-state index contributed by atoms with van der Waals surface area (Å²) < 4.78 is 0. The van der Waals surface area contributed by atoms with Gasteiger partial charge in [0.25, 0.3) is 0 Å². The first-order valence-electron chi connectivity index (χ1n) is 14.4. The number of phenolic OH excluding ortho intramolecular Hbond substituents is 1. The maximum atomic E-state index is 13.6. The number of aromatic nitrogens is 1. The standard InChI is InChI=1S/C31H42N6O6/c1-18(2)27(33)30(41)35-24(9-5-6-14-32)28(39)36-25(16-20-17-34-23-8-4-3-7-22(20)23)29(40)37-26(31(42)43)15-19-10-12-21(38)13-11-19/h3-4,7-8,10-13,17-18,24-27,34,38H,5-6,9,14-16,32-33H2,1-2H3,(H,35,41)(H,36,39)(H,37,40)(H,42,43). The van der Waals surface area contributed by atoms with E-state index >= 15 is 0 Å². The predicted molar refractivity (Wildman–Crippen MR) is 163 cm³/mol. The average molecular weight is 595 g/mol. The highest BCUT2D eigenvalue weighted by molar-refractivity contribution is 5.95. The van der Waals surface area contributed by atoms with Crippen molar-refractivity contribution < 1.29 is 29.4 Å². The number of H-pyrrole nitrogens is 1. The quantitative estimate of drug-likeness (QED) is 0.113. The van der Waals surface area contributed by atoms with E-state index in [1.165, 1.54) is 12.1 Å². The molecule has 0 aliphatic heterocycles. The molecule has 0 bridgehead atoms. The van der Waals surface area contributed by atoms with Gasteiger partial charge in [0.1, 0.15) is 23.9 Å². The van der Waals surface area contributed by atoms with Crippen molar-refractivity contribution >= 4 is 34.6 Å². The van der Waals surface area contributed by atoms with Crippen molar-refractivity contribution in [1.29, 1.82) is 0 Å². The lowest BCUT2D eigenvalue weighted by Gasteiger charge is -2.26. The first-order valence-corrected chi connectivity index (χ1v) is 14.4. The van der Waals surface area contributed by atoms with Gasteiger partial charge >= 0.3 is 5.97 Å². The predicted octanol–water partition coefficient (Wildman–Crippen LogP) is 1.31. The van der Waals surface area contributed by atoms with E-state index in [9.17, 15) is 29.4 Å². The van der Waals surface area contributed by atoms with Crippen LogP contribution in [0.1, 0.15) is 44.2 Å². The lowest BCUT2D eigenvalue weighted by molar-refractivity contribution is -0.142. The van der Waals surface area contributed by atoms with E-state index in [4.69, 9.17) is 11.5 Å². The van der Waals surface area contributed by atoms with Gasteiger partial charge in [0.15, 0.2) is 0 Å². The van der Waals surface area contributed by atoms with E-state index in [0.29, 0.717) is 24.9 Å². The Morgan fingerprint density at radius 2 is 1.47 bits per heavy atom. The first-order chi connectivity index (χ1) is 20.5. The van der Waals surface area contributed by atoms with Gasteiger partial charge in [-0.05, 0) is 61.1 Å². The lowest BCUT2D eigenvalue weighted by atomic mass is 10.0. The normalized spacial score (nSPS) is 14.1. The maximum Gasteiger partial charge on any atom is 0.326 e. The van der Waals surface area contributed by atoms with E-state index in [2.05, 4.69) is 20.9 Å². The number of para-hydroxylation sites is 1. The van der Waals surface area contributed by atoms with Crippen molar-refractivity contribution in [3.05, 3.63) is 65.9 Å². The molecule has 2 aromatic carbocycles. The zero-order chi connectivity index (χ0) is 31.5. The summed E-state index contributed by atoms with van der Waals surface area (Å²) in [6, 6.07) is 9.21. The number of carbonyl (C=O) groups excluding carboxylic acids is 3. The summed E-state index contributed by atoms with van der Waals surface area (Å²) in [5.41, 5.74) is 13.8. The highest BCUT2D eigenvalue weighted by Crippen LogP contribution is 2.20. The number of amides is 3. The molecule has 0 aliphatic carbocycles. The summed E-state index contributed by atoms with van der Waals surface area (Å²) in [5.74, 6) is -3.16. The summed E-state index contributed by atoms with van der Waals surface area (Å²) >= 11 is 0. The van der Waals surface area contributed by atoms with Gasteiger partial charge in [0, 0.05) is 29.9 Å². The highest BCUT2D eigenvalue weighted by atomic mass is 16.4. The molecule has 1 aromatic heterocycles. The van der Waals surface area contributed by atoms with E-state index < -0.39 is 47.9 Å². The topological polar surface area (TPSA) is 213 Å². The molecule has 4 unspecified atom stereocenters. The number of fused-ring (bicyclic) bond motifs is 1. The Morgan fingerprint density at radius 3 is 2.12 bits per heavy atom. The molecule has 3 amide bonds. The number of nitrogens with one attached hydrogen (secondary N) is 4. The molecule has 3 aromatic rings. The zero-order valence-corrected chi connectivity index (χ0v) is 24.5. The van der Waals surface area contributed by atoms with Crippen molar-refractivity contribution in [3.63, 3.8) is 0 Å². The summed E-state index contributed by atoms with van der Waals surface area (Å²) in [7, 11) is 0. The molecule has 43 heavy (non-hydrogen) atoms. The Hall–Kier alpha value is -4.42. The number of rotatable bonds is 16. The number of benzene rings is 2. The van der Waals surface area contributed by atoms with Gasteiger partial charge in [0.2, 0.25) is 17.7 Å². The van der Waals surface area contributed by atoms with Gasteiger partial charge in [0.05, 0.1) is 6.04 Å². The van der Waals surface area contributed by atoms with Crippen molar-refractivity contribution in [3.8, 4) is 5.75 Å². The number of aliphatic carboxylic acids is 1. The van der Waals surface area contributed by atoms with Gasteiger partial charge in [-0.3, -0.25) is 14.4 Å². The van der Waals surface area contributed by atoms with Crippen LogP contribution in [0.2, 0.25) is 0 Å². The second-order valence-corrected chi connectivity index (χ2v) is 11.0. The molecule has 0 saturated carbocycles. The van der Waals surface area contributed by atoms with Crippen molar-refractivity contribution in [2.75, 3.05) is 6.54 Å². The molecule has 0 aliphatic rings. The molecule has 4 atom stereocenters. The van der Waals surface area contributed by atoms with Crippen LogP contribution in [0.3, 0.4) is 0 Å². The fraction of sp³-hybridized carbons (Fsp3) is 0.419. The van der Waals surface area contributed by atoms with Crippen LogP contribution >= 0.6 is 0 Å². The van der Waals surface area contributed by atoms with E-state index in [1.807, 2.05) is 24.3 Å². The van der Waals surface area contributed by atoms with Crippen LogP contribution < -0.4 is 27.4 Å². The fourth-order valence-corrected chi connectivity index (χ4v) is 4.67. The molecular weight excluding hydrogens is 552 g/mol. The van der Waals surface area contributed by atoms with Crippen LogP contribution in [-0.2, 0) is 32.0 Å². The molecule has 12 nitrogen and oxygen atoms in total. The number of carbonyl (C=O) groups is 4. The Morgan fingerprint density at radius 1 is 0.837 bits per heavy atom. The molecule has 0 fully saturated rings. The van der Waals surface area contributed by atoms with Crippen LogP contribution in [0.5, 0.6) is 5.75 Å². The van der Waals surface area contributed by atoms with Crippen molar-refractivity contribution in [2.45, 2.75) is 70.1 Å². The largest absolute Gasteiger partial charge is 0.508 e. The van der Waals surface area contributed by atoms with E-state index in [1.54, 1.807) is 32.2 Å². The number of unbranched alkanes of at least 4 members (excludes halogenated alkanes) is 1. The van der Waals surface area contributed by atoms with Crippen molar-refractivity contribution in [1.82, 2.24) is 20.9 Å². The minimum Gasteiger partial charge on any atom is -0.508 e. The third-order valence-corrected chi connectivity index (χ3v) is 7.32. The van der Waals surface area contributed by atoms with E-state index in [0.717, 1.165) is 16.5 Å². The second-order valence-electron chi connectivity index (χ2n) is 11.0. The van der Waals surface area contributed by atoms with Crippen molar-refractivity contribution in [2.24, 2.45) is 17.4 Å². The van der Waals surface area contributed by atoms with Crippen LogP contribution in [-0.4, -0.2) is 69.6 Å². The number of hydrogen-bond donors (Lipinski definition) is 8. The first kappa shape index (κ1) is 33.1. The third-order valence-electron chi connectivity index (χ3n) is 7.32. The minimum atomic E-state index is -1.30. The summed E-state index contributed by atoms with van der Waals surface area (Å²) in [4.78, 5) is 55.3. The van der Waals surface area contributed by atoms with Crippen LogP contribution in [0.25, 0.3) is 10.9 Å². The molecule has 1 heterocycles. The number of nitrogens with two attached hydrogens (primary N) is 2. The summed E-state index contributed by atoms with van der Waals surface area (Å²) in [6.45, 7) is 4.01.